The van der Waals surface area contributed by atoms with E-state index < -0.39 is 10.9 Å². The van der Waals surface area contributed by atoms with E-state index in [9.17, 15) is 14.9 Å². The smallest absolute Gasteiger partial charge is 0.339 e. The average Bonchev–Trinajstić information content (AvgIpc) is 2.45. The van der Waals surface area contributed by atoms with E-state index in [1.165, 1.54) is 24.5 Å². The first kappa shape index (κ1) is 13.5. The number of rotatable bonds is 5. The maximum atomic E-state index is 11.0. The van der Waals surface area contributed by atoms with Gasteiger partial charge in [-0.3, -0.25) is 15.1 Å². The lowest BCUT2D eigenvalue weighted by Gasteiger charge is -2.09. The molecule has 0 atom stereocenters. The maximum Gasteiger partial charge on any atom is 0.339 e. The molecule has 0 fully saturated rings. The molecule has 102 valence electrons. The number of nitro benzene ring substituents is 1. The first-order valence-corrected chi connectivity index (χ1v) is 5.73. The number of hydrogen-bond donors (Lipinski definition) is 2. The van der Waals surface area contributed by atoms with Gasteiger partial charge in [-0.25, -0.2) is 4.79 Å². The Morgan fingerprint density at radius 2 is 2.10 bits per heavy atom. The molecule has 7 nitrogen and oxygen atoms in total. The van der Waals surface area contributed by atoms with E-state index in [0.717, 1.165) is 0 Å². The molecule has 0 spiro atoms. The fraction of sp³-hybridized carbons (Fsp3) is 0.0769. The fourth-order valence-corrected chi connectivity index (χ4v) is 1.75. The fourth-order valence-electron chi connectivity index (χ4n) is 1.75. The van der Waals surface area contributed by atoms with Crippen LogP contribution in [0.1, 0.15) is 15.9 Å². The molecule has 0 amide bonds. The Kier molecular flexibility index (Phi) is 3.90. The van der Waals surface area contributed by atoms with Crippen molar-refractivity contribution in [3.63, 3.8) is 0 Å². The molecule has 1 heterocycles. The Morgan fingerprint density at radius 1 is 1.35 bits per heavy atom. The zero-order valence-electron chi connectivity index (χ0n) is 10.3. The second kappa shape index (κ2) is 5.79. The van der Waals surface area contributed by atoms with E-state index >= 15 is 0 Å². The molecule has 0 aliphatic heterocycles. The molecule has 2 aromatic rings. The minimum absolute atomic E-state index is 0.00840. The number of anilines is 1. The van der Waals surface area contributed by atoms with E-state index in [-0.39, 0.29) is 17.8 Å². The molecule has 7 heteroatoms. The predicted molar refractivity (Wildman–Crippen MR) is 71.6 cm³/mol. The summed E-state index contributed by atoms with van der Waals surface area (Å²) in [6.07, 6.45) is 2.68. The van der Waals surface area contributed by atoms with E-state index in [4.69, 9.17) is 5.11 Å². The molecule has 1 aromatic heterocycles. The lowest BCUT2D eigenvalue weighted by Crippen LogP contribution is -2.08. The molecule has 0 radical (unpaired) electrons. The number of hydrogen-bond acceptors (Lipinski definition) is 5. The number of nitro groups is 1. The molecule has 2 N–H and O–H groups in total. The van der Waals surface area contributed by atoms with Gasteiger partial charge in [0.05, 0.1) is 10.6 Å². The summed E-state index contributed by atoms with van der Waals surface area (Å²) in [6, 6.07) is 7.80. The van der Waals surface area contributed by atoms with Crippen molar-refractivity contribution in [3.05, 3.63) is 64.0 Å². The maximum absolute atomic E-state index is 11.0. The molecular formula is C13H11N3O4. The zero-order chi connectivity index (χ0) is 14.5. The Labute approximate surface area is 114 Å². The minimum atomic E-state index is -1.11. The highest BCUT2D eigenvalue weighted by molar-refractivity contribution is 5.93. The monoisotopic (exact) mass is 273 g/mol. The third-order valence-corrected chi connectivity index (χ3v) is 2.71. The van der Waals surface area contributed by atoms with E-state index in [1.54, 1.807) is 18.2 Å². The van der Waals surface area contributed by atoms with Crippen LogP contribution >= 0.6 is 0 Å². The molecule has 0 unspecified atom stereocenters. The van der Waals surface area contributed by atoms with Crippen LogP contribution in [0.5, 0.6) is 0 Å². The Morgan fingerprint density at radius 3 is 2.80 bits per heavy atom. The van der Waals surface area contributed by atoms with Crippen molar-refractivity contribution >= 4 is 17.3 Å². The number of para-hydroxylation sites is 1. The van der Waals surface area contributed by atoms with Crippen LogP contribution < -0.4 is 5.32 Å². The molecule has 0 saturated heterocycles. The number of nitrogens with zero attached hydrogens (tertiary/aromatic N) is 2. The molecule has 0 aliphatic rings. The number of nitrogens with one attached hydrogen (secondary N) is 1. The minimum Gasteiger partial charge on any atom is -0.478 e. The van der Waals surface area contributed by atoms with Crippen molar-refractivity contribution in [1.82, 2.24) is 4.98 Å². The number of aromatic nitrogens is 1. The summed E-state index contributed by atoms with van der Waals surface area (Å²) in [6.45, 7) is 0.154. The first-order valence-electron chi connectivity index (χ1n) is 5.73. The number of carboxylic acids is 1. The molecule has 0 saturated carbocycles. The molecule has 2 rings (SSSR count). The lowest BCUT2D eigenvalue weighted by atomic mass is 10.1. The number of carbonyl (C=O) groups is 1. The van der Waals surface area contributed by atoms with Crippen LogP contribution in [0.3, 0.4) is 0 Å². The summed E-state index contributed by atoms with van der Waals surface area (Å²) < 4.78 is 0. The zero-order valence-corrected chi connectivity index (χ0v) is 10.3. The van der Waals surface area contributed by atoms with Crippen LogP contribution in [0, 0.1) is 10.1 Å². The van der Waals surface area contributed by atoms with Gasteiger partial charge in [0.25, 0.3) is 5.69 Å². The van der Waals surface area contributed by atoms with Gasteiger partial charge >= 0.3 is 5.97 Å². The van der Waals surface area contributed by atoms with Crippen LogP contribution in [0.4, 0.5) is 11.4 Å². The van der Waals surface area contributed by atoms with Gasteiger partial charge in [-0.05, 0) is 6.07 Å². The number of benzene rings is 1. The highest BCUT2D eigenvalue weighted by Crippen LogP contribution is 2.20. The summed E-state index contributed by atoms with van der Waals surface area (Å²) in [5, 5.41) is 22.8. The van der Waals surface area contributed by atoms with Crippen molar-refractivity contribution < 1.29 is 14.8 Å². The Balaban J connectivity index is 2.22. The summed E-state index contributed by atoms with van der Waals surface area (Å²) in [5.74, 6) is -1.11. The number of aromatic carboxylic acids is 1. The number of carboxylic acid groups (broad SMARTS) is 1. The second-order valence-electron chi connectivity index (χ2n) is 3.97. The van der Waals surface area contributed by atoms with Crippen LogP contribution in [0.15, 0.2) is 42.7 Å². The van der Waals surface area contributed by atoms with Crippen molar-refractivity contribution in [1.29, 1.82) is 0 Å². The third kappa shape index (κ3) is 2.89. The van der Waals surface area contributed by atoms with Gasteiger partial charge in [0, 0.05) is 30.6 Å². The Bertz CT molecular complexity index is 600. The summed E-state index contributed by atoms with van der Waals surface area (Å²) in [5.41, 5.74) is 0.855. The van der Waals surface area contributed by atoms with Crippen molar-refractivity contribution in [2.24, 2.45) is 0 Å². The molecule has 0 aliphatic carbocycles. The molecule has 1 aromatic carbocycles. The van der Waals surface area contributed by atoms with Crippen molar-refractivity contribution in [2.75, 3.05) is 5.32 Å². The van der Waals surface area contributed by atoms with E-state index in [2.05, 4.69) is 10.3 Å². The second-order valence-corrected chi connectivity index (χ2v) is 3.97. The Hall–Kier alpha value is -2.96. The van der Waals surface area contributed by atoms with Gasteiger partial charge in [0.1, 0.15) is 5.56 Å². The van der Waals surface area contributed by atoms with Crippen molar-refractivity contribution in [3.8, 4) is 0 Å². The summed E-state index contributed by atoms with van der Waals surface area (Å²) >= 11 is 0. The van der Waals surface area contributed by atoms with Crippen LogP contribution in [0.2, 0.25) is 0 Å². The third-order valence-electron chi connectivity index (χ3n) is 2.71. The van der Waals surface area contributed by atoms with Gasteiger partial charge in [-0.2, -0.15) is 0 Å². The molecule has 20 heavy (non-hydrogen) atoms. The van der Waals surface area contributed by atoms with E-state index in [0.29, 0.717) is 11.3 Å². The SMILES string of the molecule is O=C(O)c1cnccc1NCc1ccccc1[N+](=O)[O-]. The van der Waals surface area contributed by atoms with Crippen molar-refractivity contribution in [2.45, 2.75) is 6.54 Å². The normalized spacial score (nSPS) is 10.0. The van der Waals surface area contributed by atoms with Gasteiger partial charge in [0.15, 0.2) is 0 Å². The van der Waals surface area contributed by atoms with E-state index in [1.807, 2.05) is 0 Å². The summed E-state index contributed by atoms with van der Waals surface area (Å²) in [4.78, 5) is 25.2. The van der Waals surface area contributed by atoms with Crippen LogP contribution in [-0.2, 0) is 6.54 Å². The van der Waals surface area contributed by atoms with Gasteiger partial charge in [0.2, 0.25) is 0 Å². The average molecular weight is 273 g/mol. The standard InChI is InChI=1S/C13H11N3O4/c17-13(18)10-8-14-6-5-11(10)15-7-9-3-1-2-4-12(9)16(19)20/h1-6,8H,7H2,(H,14,15)(H,17,18). The molecule has 0 bridgehead atoms. The topological polar surface area (TPSA) is 105 Å². The quantitative estimate of drug-likeness (QED) is 0.639. The largest absolute Gasteiger partial charge is 0.478 e. The van der Waals surface area contributed by atoms with Gasteiger partial charge in [-0.15, -0.1) is 0 Å². The van der Waals surface area contributed by atoms with Gasteiger partial charge < -0.3 is 10.4 Å². The van der Waals surface area contributed by atoms with Crippen LogP contribution in [-0.4, -0.2) is 21.0 Å². The van der Waals surface area contributed by atoms with Gasteiger partial charge in [-0.1, -0.05) is 18.2 Å². The molecular weight excluding hydrogens is 262 g/mol. The number of pyridine rings is 1. The van der Waals surface area contributed by atoms with Crippen LogP contribution in [0.25, 0.3) is 0 Å². The summed E-state index contributed by atoms with van der Waals surface area (Å²) in [7, 11) is 0. The first-order chi connectivity index (χ1) is 9.59. The lowest BCUT2D eigenvalue weighted by molar-refractivity contribution is -0.385. The highest BCUT2D eigenvalue weighted by Gasteiger charge is 2.14. The highest BCUT2D eigenvalue weighted by atomic mass is 16.6. The predicted octanol–water partition coefficient (Wildman–Crippen LogP) is 2.30.